The molecule has 154 valence electrons. The number of carboxylic acid groups (broad SMARTS) is 1. The van der Waals surface area contributed by atoms with Crippen LogP contribution in [0.2, 0.25) is 0 Å². The van der Waals surface area contributed by atoms with Gasteiger partial charge >= 0.3 is 11.9 Å². The number of aliphatic hydroxyl groups is 3. The van der Waals surface area contributed by atoms with Gasteiger partial charge in [-0.15, -0.1) is 0 Å². The minimum absolute atomic E-state index is 0.333. The van der Waals surface area contributed by atoms with Crippen LogP contribution in [0.1, 0.15) is 24.0 Å². The molecular weight excluding hydrogens is 376 g/mol. The number of hydrogen-bond acceptors (Lipinski definition) is 9. The smallest absolute Gasteiger partial charge is 0.335 e. The fraction of sp³-hybridized carbons (Fsp3) is 0.444. The summed E-state index contributed by atoms with van der Waals surface area (Å²) in [6.45, 7) is 1.41. The van der Waals surface area contributed by atoms with E-state index in [0.29, 0.717) is 16.9 Å². The van der Waals surface area contributed by atoms with Crippen molar-refractivity contribution in [2.45, 2.75) is 43.7 Å². The molecule has 1 aromatic rings. The van der Waals surface area contributed by atoms with Gasteiger partial charge in [0.05, 0.1) is 6.10 Å². The van der Waals surface area contributed by atoms with Gasteiger partial charge in [0, 0.05) is 18.9 Å². The molecule has 2 rings (SSSR count). The fourth-order valence-corrected chi connectivity index (χ4v) is 2.92. The first-order chi connectivity index (χ1) is 13.2. The Morgan fingerprint density at radius 1 is 1.29 bits per heavy atom. The van der Waals surface area contributed by atoms with Crippen LogP contribution in [0.5, 0.6) is 5.75 Å². The molecule has 0 saturated heterocycles. The molecule has 10 nitrogen and oxygen atoms in total. The zero-order chi connectivity index (χ0) is 20.9. The first-order valence-electron chi connectivity index (χ1n) is 8.36. The Hall–Kier alpha value is -2.50. The topological polar surface area (TPSA) is 163 Å². The van der Waals surface area contributed by atoms with E-state index in [9.17, 15) is 24.9 Å². The van der Waals surface area contributed by atoms with E-state index in [4.69, 9.17) is 19.8 Å². The van der Waals surface area contributed by atoms with E-state index in [1.807, 2.05) is 0 Å². The lowest BCUT2D eigenvalue weighted by atomic mass is 9.79. The average Bonchev–Trinajstić information content (AvgIpc) is 2.63. The van der Waals surface area contributed by atoms with Gasteiger partial charge in [-0.1, -0.05) is 6.07 Å². The molecule has 0 unspecified atom stereocenters. The Labute approximate surface area is 160 Å². The van der Waals surface area contributed by atoms with E-state index in [1.165, 1.54) is 6.08 Å². The minimum atomic E-state index is -2.29. The Bertz CT molecular complexity index is 746. The Kier molecular flexibility index (Phi) is 7.11. The van der Waals surface area contributed by atoms with Crippen LogP contribution in [0, 0.1) is 6.92 Å². The summed E-state index contributed by atoms with van der Waals surface area (Å²) in [7, 11) is 0. The van der Waals surface area contributed by atoms with Crippen LogP contribution in [0.15, 0.2) is 24.3 Å². The summed E-state index contributed by atoms with van der Waals surface area (Å²) in [6.07, 6.45) is -3.05. The molecule has 1 aliphatic carbocycles. The number of aryl methyl sites for hydroxylation is 1. The van der Waals surface area contributed by atoms with Crippen molar-refractivity contribution in [2.75, 3.05) is 6.79 Å². The van der Waals surface area contributed by atoms with Crippen LogP contribution < -0.4 is 4.74 Å². The number of ether oxygens (including phenoxy) is 2. The van der Waals surface area contributed by atoms with Crippen molar-refractivity contribution in [2.24, 2.45) is 0 Å². The van der Waals surface area contributed by atoms with Crippen LogP contribution in [0.4, 0.5) is 0 Å². The van der Waals surface area contributed by atoms with Crippen molar-refractivity contribution in [1.29, 1.82) is 0 Å². The fourth-order valence-electron chi connectivity index (χ4n) is 2.92. The second-order valence-electron chi connectivity index (χ2n) is 6.53. The molecule has 0 heterocycles. The number of carbonyl (C=O) groups is 2. The maximum absolute atomic E-state index is 12.0. The summed E-state index contributed by atoms with van der Waals surface area (Å²) in [4.78, 5) is 27.0. The predicted molar refractivity (Wildman–Crippen MR) is 93.1 cm³/mol. The molecule has 0 spiro atoms. The van der Waals surface area contributed by atoms with E-state index < -0.39 is 48.7 Å². The maximum Gasteiger partial charge on any atom is 0.335 e. The quantitative estimate of drug-likeness (QED) is 0.140. The highest BCUT2D eigenvalue weighted by Gasteiger charge is 2.50. The summed E-state index contributed by atoms with van der Waals surface area (Å²) in [6, 6.07) is 4.93. The van der Waals surface area contributed by atoms with Gasteiger partial charge in [0.15, 0.2) is 5.60 Å². The van der Waals surface area contributed by atoms with E-state index in [0.717, 1.165) is 6.08 Å². The third-order valence-electron chi connectivity index (χ3n) is 4.40. The van der Waals surface area contributed by atoms with Crippen LogP contribution in [-0.4, -0.2) is 68.3 Å². The van der Waals surface area contributed by atoms with Crippen molar-refractivity contribution in [3.8, 4) is 5.75 Å². The molecular formula is C18H22O10. The van der Waals surface area contributed by atoms with Crippen LogP contribution in [0.25, 0.3) is 6.08 Å². The Morgan fingerprint density at radius 2 is 2.00 bits per heavy atom. The highest BCUT2D eigenvalue weighted by molar-refractivity contribution is 5.87. The molecule has 0 aliphatic heterocycles. The third-order valence-corrected chi connectivity index (χ3v) is 4.40. The summed E-state index contributed by atoms with van der Waals surface area (Å²) in [5.74, 6) is -1.97. The largest absolute Gasteiger partial charge is 0.479 e. The number of aliphatic hydroxyl groups excluding tert-OH is 2. The van der Waals surface area contributed by atoms with Crippen molar-refractivity contribution >= 4 is 18.0 Å². The number of carboxylic acids is 1. The Balaban J connectivity index is 2.02. The van der Waals surface area contributed by atoms with E-state index in [-0.39, 0.29) is 6.79 Å². The standard InChI is InChI=1S/C18H22O10/c1-10-6-11(2-4-13(10)26-9-27-25)3-5-15(20)28-14-8-18(24,17(22)23)7-12(19)16(14)21/h2-6,12,14,16,19,21,24-25H,7-9H2,1H3,(H,22,23)/b5-3+/t12-,14-,16-,18+/m1/s1. The molecule has 1 fully saturated rings. The number of esters is 1. The Morgan fingerprint density at radius 3 is 2.61 bits per heavy atom. The van der Waals surface area contributed by atoms with Gasteiger partial charge in [0.2, 0.25) is 6.79 Å². The van der Waals surface area contributed by atoms with Crippen molar-refractivity contribution in [3.63, 3.8) is 0 Å². The molecule has 1 aromatic carbocycles. The molecule has 0 aromatic heterocycles. The SMILES string of the molecule is Cc1cc(/C=C/C(=O)O[C@@H]2C[C@](O)(C(=O)O)C[C@@H](O)[C@H]2O)ccc1OCOO. The summed E-state index contributed by atoms with van der Waals surface area (Å²) >= 11 is 0. The summed E-state index contributed by atoms with van der Waals surface area (Å²) < 4.78 is 10.1. The summed E-state index contributed by atoms with van der Waals surface area (Å²) in [5.41, 5.74) is -0.957. The zero-order valence-electron chi connectivity index (χ0n) is 15.0. The van der Waals surface area contributed by atoms with Crippen molar-refractivity contribution in [3.05, 3.63) is 35.4 Å². The minimum Gasteiger partial charge on any atom is -0.479 e. The molecule has 4 atom stereocenters. The number of rotatable bonds is 7. The molecule has 0 amide bonds. The van der Waals surface area contributed by atoms with Gasteiger partial charge in [0.25, 0.3) is 0 Å². The predicted octanol–water partition coefficient (Wildman–Crippen LogP) is 0.0772. The molecule has 1 aliphatic rings. The lowest BCUT2D eigenvalue weighted by Crippen LogP contribution is -2.57. The third kappa shape index (κ3) is 5.27. The van der Waals surface area contributed by atoms with Crippen LogP contribution in [-0.2, 0) is 19.2 Å². The lowest BCUT2D eigenvalue weighted by molar-refractivity contribution is -0.278. The average molecular weight is 398 g/mol. The van der Waals surface area contributed by atoms with Crippen molar-refractivity contribution < 1.29 is 49.6 Å². The molecule has 28 heavy (non-hydrogen) atoms. The monoisotopic (exact) mass is 398 g/mol. The van der Waals surface area contributed by atoms with E-state index >= 15 is 0 Å². The first-order valence-corrected chi connectivity index (χ1v) is 8.36. The van der Waals surface area contributed by atoms with Gasteiger partial charge in [-0.25, -0.2) is 14.8 Å². The number of aliphatic carboxylic acids is 1. The molecule has 5 N–H and O–H groups in total. The first kappa shape index (κ1) is 21.8. The number of hydrogen-bond donors (Lipinski definition) is 5. The van der Waals surface area contributed by atoms with Gasteiger partial charge in [-0.05, 0) is 36.3 Å². The second-order valence-corrected chi connectivity index (χ2v) is 6.53. The maximum atomic E-state index is 12.0. The van der Waals surface area contributed by atoms with Crippen LogP contribution in [0.3, 0.4) is 0 Å². The highest BCUT2D eigenvalue weighted by atomic mass is 17.1. The van der Waals surface area contributed by atoms with Crippen LogP contribution >= 0.6 is 0 Å². The van der Waals surface area contributed by atoms with Gasteiger partial charge < -0.3 is 29.9 Å². The second kappa shape index (κ2) is 9.13. The summed E-state index contributed by atoms with van der Waals surface area (Å²) in [5, 5.41) is 47.1. The molecule has 0 radical (unpaired) electrons. The van der Waals surface area contributed by atoms with E-state index in [2.05, 4.69) is 4.89 Å². The zero-order valence-corrected chi connectivity index (χ0v) is 15.0. The number of carbonyl (C=O) groups excluding carboxylic acids is 1. The van der Waals surface area contributed by atoms with E-state index in [1.54, 1.807) is 25.1 Å². The molecule has 1 saturated carbocycles. The molecule has 10 heteroatoms. The van der Waals surface area contributed by atoms with Gasteiger partial charge in [0.1, 0.15) is 18.0 Å². The number of benzene rings is 1. The van der Waals surface area contributed by atoms with Gasteiger partial charge in [-0.2, -0.15) is 4.89 Å². The normalized spacial score (nSPS) is 27.5. The molecule has 0 bridgehead atoms. The van der Waals surface area contributed by atoms with Gasteiger partial charge in [-0.3, -0.25) is 0 Å². The lowest BCUT2D eigenvalue weighted by Gasteiger charge is -2.39. The highest BCUT2D eigenvalue weighted by Crippen LogP contribution is 2.31. The van der Waals surface area contributed by atoms with Crippen molar-refractivity contribution in [1.82, 2.24) is 0 Å².